The zero-order valence-corrected chi connectivity index (χ0v) is 58.5. The SMILES string of the molecule is CC(F)(F)C(=O)n1ccnc1.CC1(C)OCC(COC(=O)C23CC4CC(C2)C(O)C(C4)C3)O1.CC1(C)OCC(COC(=O)C23CC4CC(C2)C(OC(=O)C(C)(F)F)C(C4)C3)O1.c1ccc([S+](c2ccccc2)c2ccccc2)cc1.c1ccc([S+](c2ccccc2)c2ccccc2)cc1. The van der Waals surface area contributed by atoms with E-state index in [1.807, 2.05) is 27.7 Å². The number of rotatable bonds is 15. The molecule has 6 aromatic carbocycles. The van der Waals surface area contributed by atoms with Crippen LogP contribution in [0.2, 0.25) is 0 Å². The fourth-order valence-electron chi connectivity index (χ4n) is 16.0. The number of hydrogen-bond acceptors (Lipinski definition) is 13. The number of carbonyl (C=O) groups is 4. The van der Waals surface area contributed by atoms with Crippen molar-refractivity contribution in [3.8, 4) is 0 Å². The van der Waals surface area contributed by atoms with E-state index in [4.69, 9.17) is 33.2 Å². The lowest BCUT2D eigenvalue weighted by Gasteiger charge is -2.57. The molecule has 2 saturated heterocycles. The Kier molecular flexibility index (Phi) is 23.2. The highest BCUT2D eigenvalue weighted by molar-refractivity contribution is 7.97. The number of halogens is 4. The molecule has 1 aromatic heterocycles. The van der Waals surface area contributed by atoms with Crippen LogP contribution in [0.25, 0.3) is 0 Å². The average Bonchev–Trinajstić information content (AvgIpc) is 1.73. The molecule has 0 amide bonds. The van der Waals surface area contributed by atoms with Gasteiger partial charge in [-0.05, 0) is 200 Å². The number of alkyl halides is 4. The Morgan fingerprint density at radius 2 is 0.828 bits per heavy atom. The van der Waals surface area contributed by atoms with E-state index in [-0.39, 0.29) is 82.5 Å². The fourth-order valence-corrected chi connectivity index (χ4v) is 20.2. The van der Waals surface area contributed by atoms with E-state index >= 15 is 0 Å². The first-order valence-electron chi connectivity index (χ1n) is 34.2. The van der Waals surface area contributed by atoms with Crippen LogP contribution in [0.3, 0.4) is 0 Å². The Hall–Kier alpha value is -7.17. The number of nitrogens with zero attached hydrogens (tertiary/aromatic N) is 2. The molecule has 6 atom stereocenters. The second-order valence-corrected chi connectivity index (χ2v) is 32.6. The molecule has 2 aliphatic heterocycles. The Morgan fingerprint density at radius 3 is 1.11 bits per heavy atom. The van der Waals surface area contributed by atoms with Crippen molar-refractivity contribution in [2.45, 2.75) is 183 Å². The number of benzene rings is 6. The molecule has 8 bridgehead atoms. The smallest absolute Gasteiger partial charge is 0.376 e. The standard InChI is InChI=1S/C20H28F2O6.2C18H15S.C17H26O5.C6H6F2N2O/c1-18(2)26-10-14(28-18)9-25-17(24)20-6-11-4-12(7-20)15(13(5-11)8-20)27-16(23)19(3,21)22;2*1-4-10-16(11-5-1)19(17-12-6-2-7-13-17)18-14-8-3-9-15-18;1-16(2)21-9-13(22-16)8-20-15(19)17-5-10-3-11(6-17)14(18)12(4-10)7-17;1-6(7,8)5(11)10-3-2-9-4-10/h11-15H,4-10H2,1-3H3;2*1-15H;10-14,18H,3-9H2,1-2H3;2-4H,1H3/q;2*+1;;. The molecule has 20 heteroatoms. The van der Waals surface area contributed by atoms with Crippen LogP contribution in [0.1, 0.15) is 111 Å². The van der Waals surface area contributed by atoms with Gasteiger partial charge in [0.15, 0.2) is 40.9 Å². The minimum Gasteiger partial charge on any atom is -0.462 e. The zero-order valence-electron chi connectivity index (χ0n) is 56.9. The number of aliphatic hydroxyl groups is 1. The Balaban J connectivity index is 0.000000128. The van der Waals surface area contributed by atoms with E-state index in [1.165, 1.54) is 41.8 Å². The topological polar surface area (TPSA) is 171 Å². The lowest BCUT2D eigenvalue weighted by Crippen LogP contribution is -2.58. The van der Waals surface area contributed by atoms with Gasteiger partial charge in [-0.15, -0.1) is 0 Å². The first-order valence-corrected chi connectivity index (χ1v) is 36.7. The molecule has 1 N–H and O–H groups in total. The predicted octanol–water partition coefficient (Wildman–Crippen LogP) is 15.7. The van der Waals surface area contributed by atoms with Crippen LogP contribution in [0.4, 0.5) is 17.6 Å². The summed E-state index contributed by atoms with van der Waals surface area (Å²) in [7, 11) is -0.0293. The van der Waals surface area contributed by atoms with Crippen LogP contribution < -0.4 is 0 Å². The maximum Gasteiger partial charge on any atom is 0.376 e. The van der Waals surface area contributed by atoms with E-state index < -0.39 is 46.8 Å². The first-order chi connectivity index (χ1) is 47.3. The molecule has 3 heterocycles. The van der Waals surface area contributed by atoms with Gasteiger partial charge in [0.1, 0.15) is 37.9 Å². The first kappa shape index (κ1) is 73.1. The summed E-state index contributed by atoms with van der Waals surface area (Å²) in [6.45, 7) is 9.74. The van der Waals surface area contributed by atoms with E-state index in [0.717, 1.165) is 62.3 Å². The number of aromatic nitrogens is 2. The van der Waals surface area contributed by atoms with Crippen molar-refractivity contribution >= 4 is 45.6 Å². The van der Waals surface area contributed by atoms with Gasteiger partial charge >= 0.3 is 35.7 Å². The highest BCUT2D eigenvalue weighted by Crippen LogP contribution is 2.62. The van der Waals surface area contributed by atoms with Crippen LogP contribution in [-0.4, -0.2) is 113 Å². The van der Waals surface area contributed by atoms with Crippen LogP contribution in [0.5, 0.6) is 0 Å². The molecule has 10 fully saturated rings. The molecule has 6 unspecified atom stereocenters. The zero-order chi connectivity index (χ0) is 70.2. The maximum atomic E-state index is 13.3. The summed E-state index contributed by atoms with van der Waals surface area (Å²) in [4.78, 5) is 59.7. The Bertz CT molecular complexity index is 3420. The van der Waals surface area contributed by atoms with Crippen molar-refractivity contribution in [3.63, 3.8) is 0 Å². The number of aliphatic hydroxyl groups excluding tert-OH is 1. The van der Waals surface area contributed by atoms with Crippen molar-refractivity contribution < 1.29 is 75.0 Å². The van der Waals surface area contributed by atoms with Gasteiger partial charge in [0.05, 0.1) is 51.9 Å². The van der Waals surface area contributed by atoms with Crippen LogP contribution in [0, 0.1) is 46.3 Å². The lowest BCUT2D eigenvalue weighted by atomic mass is 9.48. The number of esters is 3. The minimum absolute atomic E-state index is 0.0146. The number of carbonyl (C=O) groups excluding carboxylic acids is 4. The number of ether oxygens (including phenoxy) is 7. The molecule has 0 radical (unpaired) electrons. The van der Waals surface area contributed by atoms with E-state index in [2.05, 4.69) is 187 Å². The molecule has 14 nitrogen and oxygen atoms in total. The summed E-state index contributed by atoms with van der Waals surface area (Å²) >= 11 is 0. The second kappa shape index (κ2) is 31.4. The Morgan fingerprint density at radius 1 is 0.505 bits per heavy atom. The summed E-state index contributed by atoms with van der Waals surface area (Å²) < 4.78 is 90.6. The molecule has 7 aromatic rings. The molecule has 526 valence electrons. The number of imidazole rings is 1. The normalized spacial score (nSPS) is 27.8. The third-order valence-electron chi connectivity index (χ3n) is 19.8. The molecule has 8 saturated carbocycles. The van der Waals surface area contributed by atoms with Crippen molar-refractivity contribution in [1.29, 1.82) is 0 Å². The highest BCUT2D eigenvalue weighted by atomic mass is 32.2. The van der Waals surface area contributed by atoms with E-state index in [9.17, 15) is 41.8 Å². The minimum atomic E-state index is -3.50. The predicted molar refractivity (Wildman–Crippen MR) is 367 cm³/mol. The highest BCUT2D eigenvalue weighted by Gasteiger charge is 2.62. The van der Waals surface area contributed by atoms with Crippen LogP contribution >= 0.6 is 0 Å². The van der Waals surface area contributed by atoms with Gasteiger partial charge in [0, 0.05) is 26.2 Å². The molecule has 99 heavy (non-hydrogen) atoms. The van der Waals surface area contributed by atoms with Gasteiger partial charge in [-0.3, -0.25) is 19.0 Å². The quantitative estimate of drug-likeness (QED) is 0.0445. The average molecular weight is 1400 g/mol. The van der Waals surface area contributed by atoms with Gasteiger partial charge in [-0.25, -0.2) is 9.78 Å². The van der Waals surface area contributed by atoms with Gasteiger partial charge in [0.2, 0.25) is 0 Å². The maximum absolute atomic E-state index is 13.3. The molecular formula is C79H90F4N2O12S2+2. The monoisotopic (exact) mass is 1400 g/mol. The van der Waals surface area contributed by atoms with Gasteiger partial charge in [-0.1, -0.05) is 109 Å². The second-order valence-electron chi connectivity index (χ2n) is 28.5. The summed E-state index contributed by atoms with van der Waals surface area (Å²) in [6.07, 6.45) is 10.5. The van der Waals surface area contributed by atoms with Crippen LogP contribution in [-0.2, 0) is 69.3 Å². The Labute approximate surface area is 583 Å². The third kappa shape index (κ3) is 18.3. The summed E-state index contributed by atoms with van der Waals surface area (Å²) in [6, 6.07) is 64.3. The lowest BCUT2D eigenvalue weighted by molar-refractivity contribution is -0.209. The summed E-state index contributed by atoms with van der Waals surface area (Å²) in [5.74, 6) is -9.72. The van der Waals surface area contributed by atoms with Crippen molar-refractivity contribution in [2.24, 2.45) is 46.3 Å². The summed E-state index contributed by atoms with van der Waals surface area (Å²) in [5, 5.41) is 10.3. The van der Waals surface area contributed by atoms with E-state index in [1.54, 1.807) is 0 Å². The summed E-state index contributed by atoms with van der Waals surface area (Å²) in [5.41, 5.74) is -0.937. The largest absolute Gasteiger partial charge is 0.462 e. The van der Waals surface area contributed by atoms with Crippen molar-refractivity contribution in [3.05, 3.63) is 201 Å². The van der Waals surface area contributed by atoms with Crippen LogP contribution in [0.15, 0.2) is 230 Å². The number of hydrogen-bond donors (Lipinski definition) is 1. The molecule has 0 spiro atoms. The fraction of sp³-hybridized carbons (Fsp3) is 0.456. The molecular weight excluding hydrogens is 1310 g/mol. The van der Waals surface area contributed by atoms with Gasteiger partial charge in [-0.2, -0.15) is 17.6 Å². The van der Waals surface area contributed by atoms with Gasteiger partial charge in [0.25, 0.3) is 0 Å². The van der Waals surface area contributed by atoms with Crippen molar-refractivity contribution in [1.82, 2.24) is 9.55 Å². The third-order valence-corrected chi connectivity index (χ3v) is 24.3. The van der Waals surface area contributed by atoms with E-state index in [0.29, 0.717) is 63.6 Å². The molecule has 8 aliphatic carbocycles. The van der Waals surface area contributed by atoms with Gasteiger partial charge < -0.3 is 38.3 Å². The van der Waals surface area contributed by atoms with Crippen molar-refractivity contribution in [2.75, 3.05) is 26.4 Å². The molecule has 17 rings (SSSR count). The molecule has 10 aliphatic rings.